The molecule has 0 aromatic heterocycles. The highest BCUT2D eigenvalue weighted by atomic mass is 16.5. The number of ether oxygens (including phenoxy) is 1. The van der Waals surface area contributed by atoms with Crippen LogP contribution in [0.25, 0.3) is 0 Å². The van der Waals surface area contributed by atoms with Crippen molar-refractivity contribution in [3.8, 4) is 11.8 Å². The van der Waals surface area contributed by atoms with Crippen LogP contribution in [-0.4, -0.2) is 6.61 Å². The van der Waals surface area contributed by atoms with Gasteiger partial charge in [0.25, 0.3) is 0 Å². The van der Waals surface area contributed by atoms with Gasteiger partial charge in [-0.25, -0.2) is 0 Å². The molecule has 0 N–H and O–H groups in total. The lowest BCUT2D eigenvalue weighted by atomic mass is 10.2. The zero-order valence-corrected chi connectivity index (χ0v) is 10.0. The molecule has 0 fully saturated rings. The zero-order chi connectivity index (χ0) is 11.5. The summed E-state index contributed by atoms with van der Waals surface area (Å²) in [6.07, 6.45) is 4.56. The van der Waals surface area contributed by atoms with E-state index in [-0.39, 0.29) is 0 Å². The Bertz CT molecular complexity index is 318. The Balaban J connectivity index is 1.94. The van der Waals surface area contributed by atoms with Gasteiger partial charge in [0, 0.05) is 13.0 Å². The SMILES string of the molecule is CC#CCCCCCOCc1ccccc1. The minimum atomic E-state index is 0.732. The first kappa shape index (κ1) is 12.8. The summed E-state index contributed by atoms with van der Waals surface area (Å²) in [5.41, 5.74) is 1.25. The van der Waals surface area contributed by atoms with E-state index in [4.69, 9.17) is 4.74 Å². The minimum absolute atomic E-state index is 0.732. The first-order valence-electron chi connectivity index (χ1n) is 5.95. The fourth-order valence-corrected chi connectivity index (χ4v) is 1.48. The van der Waals surface area contributed by atoms with Crippen molar-refractivity contribution in [1.82, 2.24) is 0 Å². The lowest BCUT2D eigenvalue weighted by Gasteiger charge is -2.03. The molecule has 0 aliphatic carbocycles. The Morgan fingerprint density at radius 1 is 1.06 bits per heavy atom. The van der Waals surface area contributed by atoms with E-state index in [2.05, 4.69) is 24.0 Å². The number of hydrogen-bond acceptors (Lipinski definition) is 1. The molecule has 0 aliphatic rings. The molecule has 0 spiro atoms. The van der Waals surface area contributed by atoms with Crippen LogP contribution in [0, 0.1) is 11.8 Å². The molecule has 0 atom stereocenters. The van der Waals surface area contributed by atoms with Crippen molar-refractivity contribution in [2.45, 2.75) is 39.2 Å². The Kier molecular flexibility index (Phi) is 7.21. The quantitative estimate of drug-likeness (QED) is 0.498. The van der Waals surface area contributed by atoms with Crippen LogP contribution in [0.3, 0.4) is 0 Å². The summed E-state index contributed by atoms with van der Waals surface area (Å²) >= 11 is 0. The van der Waals surface area contributed by atoms with E-state index in [1.807, 2.05) is 25.1 Å². The molecule has 0 saturated heterocycles. The van der Waals surface area contributed by atoms with Gasteiger partial charge in [-0.05, 0) is 25.3 Å². The average Bonchev–Trinajstić information content (AvgIpc) is 2.34. The van der Waals surface area contributed by atoms with Crippen molar-refractivity contribution in [1.29, 1.82) is 0 Å². The Morgan fingerprint density at radius 3 is 2.62 bits per heavy atom. The van der Waals surface area contributed by atoms with Gasteiger partial charge >= 0.3 is 0 Å². The fourth-order valence-electron chi connectivity index (χ4n) is 1.48. The van der Waals surface area contributed by atoms with Crippen molar-refractivity contribution in [2.24, 2.45) is 0 Å². The standard InChI is InChI=1S/C15H20O/c1-2-3-4-5-6-10-13-16-14-15-11-8-7-9-12-15/h7-9,11-12H,4-6,10,13-14H2,1H3. The van der Waals surface area contributed by atoms with E-state index < -0.39 is 0 Å². The first-order valence-corrected chi connectivity index (χ1v) is 5.95. The molecule has 0 bridgehead atoms. The monoisotopic (exact) mass is 216 g/mol. The van der Waals surface area contributed by atoms with Gasteiger partial charge in [0.05, 0.1) is 6.61 Å². The summed E-state index contributed by atoms with van der Waals surface area (Å²) in [7, 11) is 0. The summed E-state index contributed by atoms with van der Waals surface area (Å²) in [6, 6.07) is 10.3. The third kappa shape index (κ3) is 6.27. The zero-order valence-electron chi connectivity index (χ0n) is 10.0. The minimum Gasteiger partial charge on any atom is -0.377 e. The molecule has 0 saturated carbocycles. The van der Waals surface area contributed by atoms with Crippen molar-refractivity contribution in [3.05, 3.63) is 35.9 Å². The molecule has 0 aliphatic heterocycles. The molecule has 1 aromatic carbocycles. The molecule has 0 unspecified atom stereocenters. The lowest BCUT2D eigenvalue weighted by molar-refractivity contribution is 0.117. The third-order valence-corrected chi connectivity index (χ3v) is 2.38. The van der Waals surface area contributed by atoms with Gasteiger partial charge in [0.2, 0.25) is 0 Å². The molecule has 1 aromatic rings. The molecule has 1 nitrogen and oxygen atoms in total. The maximum atomic E-state index is 5.59. The molecule has 0 amide bonds. The van der Waals surface area contributed by atoms with Crippen molar-refractivity contribution in [2.75, 3.05) is 6.61 Å². The molecule has 1 heteroatoms. The molecule has 0 heterocycles. The summed E-state index contributed by atoms with van der Waals surface area (Å²) in [5.74, 6) is 5.98. The molecular formula is C15H20O. The normalized spacial score (nSPS) is 9.56. The molecular weight excluding hydrogens is 196 g/mol. The van der Waals surface area contributed by atoms with E-state index in [9.17, 15) is 0 Å². The van der Waals surface area contributed by atoms with Gasteiger partial charge in [0.1, 0.15) is 0 Å². The van der Waals surface area contributed by atoms with E-state index in [0.29, 0.717) is 0 Å². The largest absolute Gasteiger partial charge is 0.377 e. The van der Waals surface area contributed by atoms with Crippen LogP contribution in [0.5, 0.6) is 0 Å². The first-order chi connectivity index (χ1) is 7.93. The van der Waals surface area contributed by atoms with Crippen LogP contribution in [-0.2, 0) is 11.3 Å². The van der Waals surface area contributed by atoms with Crippen molar-refractivity contribution >= 4 is 0 Å². The topological polar surface area (TPSA) is 9.23 Å². The van der Waals surface area contributed by atoms with Crippen LogP contribution in [0.4, 0.5) is 0 Å². The molecule has 86 valence electrons. The summed E-state index contributed by atoms with van der Waals surface area (Å²) in [4.78, 5) is 0. The Labute approximate surface area is 98.8 Å². The second-order valence-corrected chi connectivity index (χ2v) is 3.78. The van der Waals surface area contributed by atoms with Gasteiger partial charge in [-0.1, -0.05) is 36.8 Å². The maximum Gasteiger partial charge on any atom is 0.0716 e. The average molecular weight is 216 g/mol. The number of hydrogen-bond donors (Lipinski definition) is 0. The highest BCUT2D eigenvalue weighted by Crippen LogP contribution is 2.03. The second-order valence-electron chi connectivity index (χ2n) is 3.78. The lowest BCUT2D eigenvalue weighted by Crippen LogP contribution is -1.95. The van der Waals surface area contributed by atoms with Gasteiger partial charge in [-0.2, -0.15) is 0 Å². The number of benzene rings is 1. The summed E-state index contributed by atoms with van der Waals surface area (Å²) in [5, 5.41) is 0. The number of unbranched alkanes of at least 4 members (excludes halogenated alkanes) is 3. The molecule has 0 radical (unpaired) electrons. The molecule has 16 heavy (non-hydrogen) atoms. The predicted molar refractivity (Wildman–Crippen MR) is 68.0 cm³/mol. The summed E-state index contributed by atoms with van der Waals surface area (Å²) in [6.45, 7) is 3.48. The van der Waals surface area contributed by atoms with Gasteiger partial charge in [-0.15, -0.1) is 11.8 Å². The molecule has 1 rings (SSSR count). The highest BCUT2D eigenvalue weighted by Gasteiger charge is 1.92. The highest BCUT2D eigenvalue weighted by molar-refractivity contribution is 5.13. The fraction of sp³-hybridized carbons (Fsp3) is 0.467. The van der Waals surface area contributed by atoms with Crippen LogP contribution in [0.15, 0.2) is 30.3 Å². The van der Waals surface area contributed by atoms with Crippen LogP contribution >= 0.6 is 0 Å². The second kappa shape index (κ2) is 9.00. The Hall–Kier alpha value is -1.26. The van der Waals surface area contributed by atoms with Crippen LogP contribution < -0.4 is 0 Å². The van der Waals surface area contributed by atoms with E-state index in [0.717, 1.165) is 26.1 Å². The summed E-state index contributed by atoms with van der Waals surface area (Å²) < 4.78 is 5.59. The van der Waals surface area contributed by atoms with Crippen molar-refractivity contribution < 1.29 is 4.74 Å². The van der Waals surface area contributed by atoms with Crippen molar-refractivity contribution in [3.63, 3.8) is 0 Å². The van der Waals surface area contributed by atoms with E-state index in [1.54, 1.807) is 0 Å². The van der Waals surface area contributed by atoms with Gasteiger partial charge in [0.15, 0.2) is 0 Å². The third-order valence-electron chi connectivity index (χ3n) is 2.38. The predicted octanol–water partition coefficient (Wildman–Crippen LogP) is 3.79. The van der Waals surface area contributed by atoms with Gasteiger partial charge < -0.3 is 4.74 Å². The van der Waals surface area contributed by atoms with E-state index in [1.165, 1.54) is 18.4 Å². The number of rotatable bonds is 7. The van der Waals surface area contributed by atoms with E-state index >= 15 is 0 Å². The Morgan fingerprint density at radius 2 is 1.88 bits per heavy atom. The smallest absolute Gasteiger partial charge is 0.0716 e. The van der Waals surface area contributed by atoms with Crippen LogP contribution in [0.2, 0.25) is 0 Å². The van der Waals surface area contributed by atoms with Crippen LogP contribution in [0.1, 0.15) is 38.2 Å². The maximum absolute atomic E-state index is 5.59. The van der Waals surface area contributed by atoms with Gasteiger partial charge in [-0.3, -0.25) is 0 Å².